The molecule has 0 saturated heterocycles. The third-order valence-corrected chi connectivity index (χ3v) is 5.09. The molecule has 0 saturated carbocycles. The fourth-order valence-corrected chi connectivity index (χ4v) is 3.75. The van der Waals surface area contributed by atoms with Crippen LogP contribution in [0.5, 0.6) is 11.5 Å². The lowest BCUT2D eigenvalue weighted by atomic mass is 10.0. The highest BCUT2D eigenvalue weighted by atomic mass is 16.5. The Bertz CT molecular complexity index is 994. The Morgan fingerprint density at radius 2 is 1.75 bits per heavy atom. The van der Waals surface area contributed by atoms with E-state index < -0.39 is 0 Å². The molecule has 0 amide bonds. The zero-order chi connectivity index (χ0) is 19.7. The van der Waals surface area contributed by atoms with Crippen molar-refractivity contribution in [3.8, 4) is 23.1 Å². The maximum Gasteiger partial charge on any atom is 0.199 e. The maximum atomic E-state index is 5.51. The number of aryl methyl sites for hydroxylation is 1. The molecular formula is C21H23N5O2. The second kappa shape index (κ2) is 7.42. The first kappa shape index (κ1) is 18.2. The highest BCUT2D eigenvalue weighted by Crippen LogP contribution is 2.44. The molecule has 1 unspecified atom stereocenters. The average Bonchev–Trinajstić information content (AvgIpc) is 3.10. The van der Waals surface area contributed by atoms with Crippen molar-refractivity contribution >= 4 is 5.82 Å². The topological polar surface area (TPSA) is 73.3 Å². The van der Waals surface area contributed by atoms with Crippen molar-refractivity contribution in [1.29, 1.82) is 0 Å². The van der Waals surface area contributed by atoms with Crippen molar-refractivity contribution in [2.24, 2.45) is 0 Å². The molecule has 1 atom stereocenters. The van der Waals surface area contributed by atoms with Crippen LogP contribution in [0.1, 0.15) is 36.1 Å². The second-order valence-corrected chi connectivity index (χ2v) is 6.73. The standard InChI is InChI=1S/C21H23N5O2/c1-5-16-15-10-18(28-4)17(27-3)9-14(15)12-26(16)21-13(2)11-24-20(25-21)19-22-7-6-8-23-19/h6-11,16H,5,12H2,1-4H3. The van der Waals surface area contributed by atoms with Gasteiger partial charge in [-0.05, 0) is 42.7 Å². The van der Waals surface area contributed by atoms with E-state index in [1.165, 1.54) is 11.1 Å². The molecule has 0 aliphatic carbocycles. The summed E-state index contributed by atoms with van der Waals surface area (Å²) in [5, 5.41) is 0. The summed E-state index contributed by atoms with van der Waals surface area (Å²) in [7, 11) is 3.33. The van der Waals surface area contributed by atoms with Crippen LogP contribution in [-0.4, -0.2) is 34.2 Å². The normalized spacial score (nSPS) is 15.4. The van der Waals surface area contributed by atoms with E-state index in [4.69, 9.17) is 14.5 Å². The highest BCUT2D eigenvalue weighted by Gasteiger charge is 2.32. The van der Waals surface area contributed by atoms with Crippen LogP contribution in [0, 0.1) is 6.92 Å². The SMILES string of the molecule is CCC1c2cc(OC)c(OC)cc2CN1c1nc(-c2ncccn2)ncc1C. The van der Waals surface area contributed by atoms with Crippen LogP contribution in [-0.2, 0) is 6.54 Å². The van der Waals surface area contributed by atoms with Gasteiger partial charge in [0.05, 0.1) is 20.3 Å². The first-order valence-corrected chi connectivity index (χ1v) is 9.28. The van der Waals surface area contributed by atoms with E-state index in [0.717, 1.165) is 35.8 Å². The summed E-state index contributed by atoms with van der Waals surface area (Å²) in [6.45, 7) is 4.96. The molecule has 3 aromatic rings. The van der Waals surface area contributed by atoms with Gasteiger partial charge in [0.15, 0.2) is 23.1 Å². The van der Waals surface area contributed by atoms with Crippen LogP contribution >= 0.6 is 0 Å². The molecule has 0 bridgehead atoms. The fourth-order valence-electron chi connectivity index (χ4n) is 3.75. The van der Waals surface area contributed by atoms with Crippen molar-refractivity contribution in [2.75, 3.05) is 19.1 Å². The number of hydrogen-bond donors (Lipinski definition) is 0. The van der Waals surface area contributed by atoms with Gasteiger partial charge in [0, 0.05) is 30.7 Å². The molecule has 7 nitrogen and oxygen atoms in total. The summed E-state index contributed by atoms with van der Waals surface area (Å²) in [5.74, 6) is 3.45. The average molecular weight is 377 g/mol. The summed E-state index contributed by atoms with van der Waals surface area (Å²) >= 11 is 0. The Balaban J connectivity index is 1.77. The molecule has 0 radical (unpaired) electrons. The Morgan fingerprint density at radius 3 is 2.43 bits per heavy atom. The molecular weight excluding hydrogens is 354 g/mol. The largest absolute Gasteiger partial charge is 0.493 e. The molecule has 0 N–H and O–H groups in total. The lowest BCUT2D eigenvalue weighted by molar-refractivity contribution is 0.354. The number of fused-ring (bicyclic) bond motifs is 1. The number of rotatable bonds is 5. The molecule has 28 heavy (non-hydrogen) atoms. The van der Waals surface area contributed by atoms with Gasteiger partial charge >= 0.3 is 0 Å². The predicted octanol–water partition coefficient (Wildman–Crippen LogP) is 3.73. The van der Waals surface area contributed by atoms with Crippen molar-refractivity contribution in [3.63, 3.8) is 0 Å². The maximum absolute atomic E-state index is 5.51. The smallest absolute Gasteiger partial charge is 0.199 e. The van der Waals surface area contributed by atoms with Gasteiger partial charge in [0.25, 0.3) is 0 Å². The molecule has 4 rings (SSSR count). The van der Waals surface area contributed by atoms with E-state index in [1.807, 2.05) is 13.1 Å². The van der Waals surface area contributed by atoms with E-state index in [2.05, 4.69) is 38.9 Å². The number of nitrogens with zero attached hydrogens (tertiary/aromatic N) is 5. The van der Waals surface area contributed by atoms with Crippen molar-refractivity contribution in [3.05, 3.63) is 53.5 Å². The Kier molecular flexibility index (Phi) is 4.81. The van der Waals surface area contributed by atoms with Gasteiger partial charge < -0.3 is 14.4 Å². The lowest BCUT2D eigenvalue weighted by Crippen LogP contribution is -2.23. The summed E-state index contributed by atoms with van der Waals surface area (Å²) in [5.41, 5.74) is 3.49. The molecule has 0 fully saturated rings. The van der Waals surface area contributed by atoms with Crippen LogP contribution in [0.25, 0.3) is 11.6 Å². The van der Waals surface area contributed by atoms with Crippen LogP contribution in [0.4, 0.5) is 5.82 Å². The Morgan fingerprint density at radius 1 is 1.04 bits per heavy atom. The minimum atomic E-state index is 0.202. The minimum Gasteiger partial charge on any atom is -0.493 e. The minimum absolute atomic E-state index is 0.202. The quantitative estimate of drug-likeness (QED) is 0.671. The Labute approximate surface area is 164 Å². The first-order chi connectivity index (χ1) is 13.7. The zero-order valence-corrected chi connectivity index (χ0v) is 16.5. The number of hydrogen-bond acceptors (Lipinski definition) is 7. The van der Waals surface area contributed by atoms with Gasteiger partial charge in [0.1, 0.15) is 5.82 Å². The number of aromatic nitrogens is 4. The predicted molar refractivity (Wildman–Crippen MR) is 107 cm³/mol. The zero-order valence-electron chi connectivity index (χ0n) is 16.5. The third kappa shape index (κ3) is 3.02. The first-order valence-electron chi connectivity index (χ1n) is 9.28. The summed E-state index contributed by atoms with van der Waals surface area (Å²) in [6.07, 6.45) is 6.18. The fraction of sp³-hybridized carbons (Fsp3) is 0.333. The molecule has 144 valence electrons. The Hall–Kier alpha value is -3.22. The van der Waals surface area contributed by atoms with Gasteiger partial charge in [-0.15, -0.1) is 0 Å². The van der Waals surface area contributed by atoms with E-state index >= 15 is 0 Å². The highest BCUT2D eigenvalue weighted by molar-refractivity contribution is 5.60. The van der Waals surface area contributed by atoms with Gasteiger partial charge in [-0.3, -0.25) is 0 Å². The van der Waals surface area contributed by atoms with E-state index in [-0.39, 0.29) is 6.04 Å². The number of methoxy groups -OCH3 is 2. The monoisotopic (exact) mass is 377 g/mol. The molecule has 2 aromatic heterocycles. The molecule has 1 aliphatic heterocycles. The summed E-state index contributed by atoms with van der Waals surface area (Å²) in [4.78, 5) is 20.1. The lowest BCUT2D eigenvalue weighted by Gasteiger charge is -2.27. The van der Waals surface area contributed by atoms with Crippen LogP contribution in [0.2, 0.25) is 0 Å². The van der Waals surface area contributed by atoms with Gasteiger partial charge in [-0.2, -0.15) is 0 Å². The number of ether oxygens (including phenoxy) is 2. The molecule has 3 heterocycles. The number of anilines is 1. The molecule has 0 spiro atoms. The van der Waals surface area contributed by atoms with Crippen molar-refractivity contribution in [1.82, 2.24) is 19.9 Å². The van der Waals surface area contributed by atoms with Crippen LogP contribution < -0.4 is 14.4 Å². The van der Waals surface area contributed by atoms with E-state index in [1.54, 1.807) is 32.7 Å². The van der Waals surface area contributed by atoms with Gasteiger partial charge in [-0.25, -0.2) is 19.9 Å². The van der Waals surface area contributed by atoms with E-state index in [9.17, 15) is 0 Å². The molecule has 1 aliphatic rings. The second-order valence-electron chi connectivity index (χ2n) is 6.73. The summed E-state index contributed by atoms with van der Waals surface area (Å²) in [6, 6.07) is 6.13. The van der Waals surface area contributed by atoms with Crippen molar-refractivity contribution in [2.45, 2.75) is 32.9 Å². The third-order valence-electron chi connectivity index (χ3n) is 5.09. The summed E-state index contributed by atoms with van der Waals surface area (Å²) < 4.78 is 11.0. The molecule has 1 aromatic carbocycles. The van der Waals surface area contributed by atoms with Crippen LogP contribution in [0.3, 0.4) is 0 Å². The number of benzene rings is 1. The van der Waals surface area contributed by atoms with Gasteiger partial charge in [0.2, 0.25) is 0 Å². The van der Waals surface area contributed by atoms with E-state index in [0.29, 0.717) is 11.6 Å². The van der Waals surface area contributed by atoms with Crippen LogP contribution in [0.15, 0.2) is 36.8 Å². The van der Waals surface area contributed by atoms with Gasteiger partial charge in [-0.1, -0.05) is 6.92 Å². The molecule has 7 heteroatoms. The van der Waals surface area contributed by atoms with Crippen molar-refractivity contribution < 1.29 is 9.47 Å².